The van der Waals surface area contributed by atoms with Gasteiger partial charge in [-0.05, 0) is 5.56 Å². The lowest BCUT2D eigenvalue weighted by atomic mass is 10.1. The molecule has 1 fully saturated rings. The molecule has 1 aromatic rings. The number of nitrogens with zero attached hydrogens (tertiary/aromatic N) is 1. The fourth-order valence-electron chi connectivity index (χ4n) is 2.04. The highest BCUT2D eigenvalue weighted by Gasteiger charge is 2.46. The number of halogens is 1. The highest BCUT2D eigenvalue weighted by Crippen LogP contribution is 2.26. The first-order chi connectivity index (χ1) is 8.51. The second-order valence-corrected chi connectivity index (χ2v) is 4.50. The normalized spacial score (nSPS) is 23.1. The van der Waals surface area contributed by atoms with Crippen LogP contribution in [0.2, 0.25) is 0 Å². The van der Waals surface area contributed by atoms with Gasteiger partial charge in [0.15, 0.2) is 0 Å². The first kappa shape index (κ1) is 12.5. The van der Waals surface area contributed by atoms with Crippen LogP contribution in [0.25, 0.3) is 0 Å². The zero-order valence-corrected chi connectivity index (χ0v) is 9.80. The monoisotopic (exact) mass is 251 g/mol. The second kappa shape index (κ2) is 4.76. The largest absolute Gasteiger partial charge is 0.479 e. The fraction of sp³-hybridized carbons (Fsp3) is 0.385. The minimum atomic E-state index is -2.29. The van der Waals surface area contributed by atoms with E-state index in [2.05, 4.69) is 0 Å². The number of hydrogen-bond donors (Lipinski definition) is 1. The third-order valence-electron chi connectivity index (χ3n) is 3.15. The predicted molar refractivity (Wildman–Crippen MR) is 62.8 cm³/mol. The first-order valence-electron chi connectivity index (χ1n) is 5.75. The zero-order chi connectivity index (χ0) is 13.2. The van der Waals surface area contributed by atoms with E-state index in [1.54, 1.807) is 0 Å². The molecular formula is C13H14FNO3. The van der Waals surface area contributed by atoms with E-state index in [9.17, 15) is 14.0 Å². The highest BCUT2D eigenvalue weighted by atomic mass is 19.1. The fourth-order valence-corrected chi connectivity index (χ4v) is 2.04. The molecule has 4 nitrogen and oxygen atoms in total. The van der Waals surface area contributed by atoms with Crippen molar-refractivity contribution in [1.82, 2.24) is 4.90 Å². The number of carboxylic acids is 1. The van der Waals surface area contributed by atoms with E-state index in [0.29, 0.717) is 0 Å². The number of aliphatic carboxylic acids is 1. The van der Waals surface area contributed by atoms with Crippen LogP contribution >= 0.6 is 0 Å². The number of benzene rings is 1. The van der Waals surface area contributed by atoms with Crippen LogP contribution in [0.4, 0.5) is 4.39 Å². The molecule has 2 rings (SSSR count). The van der Waals surface area contributed by atoms with Gasteiger partial charge in [-0.1, -0.05) is 30.3 Å². The molecule has 1 saturated heterocycles. The van der Waals surface area contributed by atoms with Crippen molar-refractivity contribution in [2.24, 2.45) is 0 Å². The summed E-state index contributed by atoms with van der Waals surface area (Å²) in [4.78, 5) is 23.9. The van der Waals surface area contributed by atoms with Crippen LogP contribution in [0.5, 0.6) is 0 Å². The van der Waals surface area contributed by atoms with E-state index < -0.39 is 11.6 Å². The van der Waals surface area contributed by atoms with E-state index in [0.717, 1.165) is 5.56 Å². The molecule has 0 spiro atoms. The summed E-state index contributed by atoms with van der Waals surface area (Å²) in [6.45, 7) is -0.192. The number of rotatable bonds is 3. The van der Waals surface area contributed by atoms with Crippen LogP contribution < -0.4 is 0 Å². The zero-order valence-electron chi connectivity index (χ0n) is 9.80. The maximum absolute atomic E-state index is 13.8. The SMILES string of the molecule is O=C(Cc1ccccc1)N1CCC(F)(C(=O)O)C1. The van der Waals surface area contributed by atoms with Crippen LogP contribution in [-0.2, 0) is 16.0 Å². The predicted octanol–water partition coefficient (Wildman–Crippen LogP) is 1.25. The van der Waals surface area contributed by atoms with E-state index >= 15 is 0 Å². The van der Waals surface area contributed by atoms with Gasteiger partial charge in [-0.25, -0.2) is 9.18 Å². The van der Waals surface area contributed by atoms with Gasteiger partial charge in [0.25, 0.3) is 0 Å². The van der Waals surface area contributed by atoms with Gasteiger partial charge in [0.2, 0.25) is 11.6 Å². The Balaban J connectivity index is 1.98. The maximum Gasteiger partial charge on any atom is 0.343 e. The Morgan fingerprint density at radius 3 is 2.56 bits per heavy atom. The lowest BCUT2D eigenvalue weighted by molar-refractivity contribution is -0.150. The summed E-state index contributed by atoms with van der Waals surface area (Å²) in [6, 6.07) is 9.12. The Labute approximate surface area is 104 Å². The smallest absolute Gasteiger partial charge is 0.343 e. The lowest BCUT2D eigenvalue weighted by Crippen LogP contribution is -2.39. The number of alkyl halides is 1. The van der Waals surface area contributed by atoms with Crippen LogP contribution in [0.1, 0.15) is 12.0 Å². The molecule has 0 aliphatic carbocycles. The van der Waals surface area contributed by atoms with Crippen molar-refractivity contribution >= 4 is 11.9 Å². The average molecular weight is 251 g/mol. The van der Waals surface area contributed by atoms with Crippen molar-refractivity contribution in [3.63, 3.8) is 0 Å². The summed E-state index contributed by atoms with van der Waals surface area (Å²) in [6.07, 6.45) is 0.0411. The molecule has 0 radical (unpaired) electrons. The molecule has 0 saturated carbocycles. The van der Waals surface area contributed by atoms with Gasteiger partial charge in [0.1, 0.15) is 0 Å². The van der Waals surface area contributed by atoms with Crippen molar-refractivity contribution in [2.45, 2.75) is 18.5 Å². The Bertz CT molecular complexity index is 463. The number of hydrogen-bond acceptors (Lipinski definition) is 2. The van der Waals surface area contributed by atoms with Gasteiger partial charge in [-0.3, -0.25) is 4.79 Å². The summed E-state index contributed by atoms with van der Waals surface area (Å²) in [5.41, 5.74) is -1.44. The molecule has 1 N–H and O–H groups in total. The number of likely N-dealkylation sites (tertiary alicyclic amines) is 1. The summed E-state index contributed by atoms with van der Waals surface area (Å²) >= 11 is 0. The summed E-state index contributed by atoms with van der Waals surface area (Å²) in [7, 11) is 0. The molecule has 1 unspecified atom stereocenters. The first-order valence-corrected chi connectivity index (χ1v) is 5.75. The molecule has 1 atom stereocenters. The van der Waals surface area contributed by atoms with E-state index in [-0.39, 0.29) is 31.8 Å². The number of carboxylic acid groups (broad SMARTS) is 1. The van der Waals surface area contributed by atoms with Gasteiger partial charge in [0.05, 0.1) is 13.0 Å². The third-order valence-corrected chi connectivity index (χ3v) is 3.15. The lowest BCUT2D eigenvalue weighted by Gasteiger charge is -2.17. The summed E-state index contributed by atoms with van der Waals surface area (Å²) in [5, 5.41) is 8.75. The van der Waals surface area contributed by atoms with E-state index in [1.807, 2.05) is 30.3 Å². The van der Waals surface area contributed by atoms with Gasteiger partial charge < -0.3 is 10.0 Å². The minimum absolute atomic E-state index is 0.136. The van der Waals surface area contributed by atoms with Gasteiger partial charge in [-0.15, -0.1) is 0 Å². The van der Waals surface area contributed by atoms with Gasteiger partial charge >= 0.3 is 5.97 Å². The van der Waals surface area contributed by atoms with Crippen LogP contribution in [0.15, 0.2) is 30.3 Å². The summed E-state index contributed by atoms with van der Waals surface area (Å²) in [5.74, 6) is -1.72. The molecule has 5 heteroatoms. The van der Waals surface area contributed by atoms with E-state index in [4.69, 9.17) is 5.11 Å². The standard InChI is InChI=1S/C13H14FNO3/c14-13(12(17)18)6-7-15(9-13)11(16)8-10-4-2-1-3-5-10/h1-5H,6-9H2,(H,17,18). The molecule has 96 valence electrons. The number of carbonyl (C=O) groups excluding carboxylic acids is 1. The van der Waals surface area contributed by atoms with Crippen molar-refractivity contribution in [2.75, 3.05) is 13.1 Å². The Morgan fingerprint density at radius 1 is 1.33 bits per heavy atom. The quantitative estimate of drug-likeness (QED) is 0.879. The Kier molecular flexibility index (Phi) is 3.32. The van der Waals surface area contributed by atoms with Crippen molar-refractivity contribution in [3.8, 4) is 0 Å². The number of amides is 1. The van der Waals surface area contributed by atoms with Crippen molar-refractivity contribution in [3.05, 3.63) is 35.9 Å². The average Bonchev–Trinajstić information content (AvgIpc) is 2.75. The maximum atomic E-state index is 13.8. The van der Waals surface area contributed by atoms with Gasteiger partial charge in [-0.2, -0.15) is 0 Å². The van der Waals surface area contributed by atoms with E-state index in [1.165, 1.54) is 4.90 Å². The molecule has 1 aromatic carbocycles. The second-order valence-electron chi connectivity index (χ2n) is 4.50. The molecular weight excluding hydrogens is 237 g/mol. The molecule has 0 aromatic heterocycles. The molecule has 1 heterocycles. The van der Waals surface area contributed by atoms with Crippen molar-refractivity contribution in [1.29, 1.82) is 0 Å². The third kappa shape index (κ3) is 2.50. The topological polar surface area (TPSA) is 57.6 Å². The highest BCUT2D eigenvalue weighted by molar-refractivity contribution is 5.83. The van der Waals surface area contributed by atoms with Crippen LogP contribution in [0, 0.1) is 0 Å². The Morgan fingerprint density at radius 2 is 2.00 bits per heavy atom. The summed E-state index contributed by atoms with van der Waals surface area (Å²) < 4.78 is 13.8. The van der Waals surface area contributed by atoms with Crippen molar-refractivity contribution < 1.29 is 19.1 Å². The minimum Gasteiger partial charge on any atom is -0.479 e. The number of carbonyl (C=O) groups is 2. The molecule has 0 bridgehead atoms. The van der Waals surface area contributed by atoms with Crippen LogP contribution in [0.3, 0.4) is 0 Å². The van der Waals surface area contributed by atoms with Gasteiger partial charge in [0, 0.05) is 13.0 Å². The Hall–Kier alpha value is -1.91. The molecule has 18 heavy (non-hydrogen) atoms. The molecule has 1 aliphatic rings. The van der Waals surface area contributed by atoms with Crippen LogP contribution in [-0.4, -0.2) is 40.6 Å². The molecule has 1 amide bonds. The molecule has 1 aliphatic heterocycles.